The SMILES string of the molecule is COc1ccc(-c2nnn(CC(=O)N(Cc3ccccc3Cl)C(C(=O)NC3CCCC3)c3ccco3)n2)cc1. The number of amides is 2. The maximum absolute atomic E-state index is 13.9. The van der Waals surface area contributed by atoms with E-state index < -0.39 is 11.9 Å². The molecule has 10 nitrogen and oxygen atoms in total. The van der Waals surface area contributed by atoms with E-state index in [-0.39, 0.29) is 25.0 Å². The van der Waals surface area contributed by atoms with Gasteiger partial charge in [-0.15, -0.1) is 10.2 Å². The predicted molar refractivity (Wildman–Crippen MR) is 144 cm³/mol. The molecule has 11 heteroatoms. The van der Waals surface area contributed by atoms with Crippen LogP contribution in [0, 0.1) is 0 Å². The van der Waals surface area contributed by atoms with Gasteiger partial charge in [-0.2, -0.15) is 4.80 Å². The third-order valence-corrected chi connectivity index (χ3v) is 7.14. The summed E-state index contributed by atoms with van der Waals surface area (Å²) in [5.41, 5.74) is 1.43. The average molecular weight is 549 g/mol. The second-order valence-electron chi connectivity index (χ2n) is 9.39. The Bertz CT molecular complexity index is 1400. The van der Waals surface area contributed by atoms with Crippen molar-refractivity contribution in [3.05, 3.63) is 83.3 Å². The van der Waals surface area contributed by atoms with Gasteiger partial charge in [-0.3, -0.25) is 9.59 Å². The van der Waals surface area contributed by atoms with Gasteiger partial charge in [0.1, 0.15) is 18.1 Å². The first-order valence-electron chi connectivity index (χ1n) is 12.8. The summed E-state index contributed by atoms with van der Waals surface area (Å²) in [7, 11) is 1.59. The quantitative estimate of drug-likeness (QED) is 0.312. The zero-order chi connectivity index (χ0) is 27.2. The van der Waals surface area contributed by atoms with Crippen molar-refractivity contribution >= 4 is 23.4 Å². The summed E-state index contributed by atoms with van der Waals surface area (Å²) in [5, 5.41) is 16.2. The van der Waals surface area contributed by atoms with Crippen molar-refractivity contribution in [3.8, 4) is 17.1 Å². The van der Waals surface area contributed by atoms with Crippen molar-refractivity contribution in [1.29, 1.82) is 0 Å². The number of hydrogen-bond donors (Lipinski definition) is 1. The molecule has 39 heavy (non-hydrogen) atoms. The van der Waals surface area contributed by atoms with Crippen LogP contribution < -0.4 is 10.1 Å². The second kappa shape index (κ2) is 12.1. The van der Waals surface area contributed by atoms with E-state index in [0.29, 0.717) is 27.9 Å². The fraction of sp³-hybridized carbons (Fsp3) is 0.321. The first-order chi connectivity index (χ1) is 19.0. The number of nitrogens with one attached hydrogen (secondary N) is 1. The van der Waals surface area contributed by atoms with Crippen molar-refractivity contribution in [2.75, 3.05) is 7.11 Å². The lowest BCUT2D eigenvalue weighted by atomic mass is 10.1. The van der Waals surface area contributed by atoms with Crippen molar-refractivity contribution in [3.63, 3.8) is 0 Å². The molecule has 0 aliphatic heterocycles. The number of benzene rings is 2. The van der Waals surface area contributed by atoms with E-state index in [0.717, 1.165) is 31.2 Å². The minimum atomic E-state index is -1.01. The standard InChI is InChI=1S/C28H29ClN6O4/c1-38-22-14-12-19(13-15-22)27-31-33-35(32-27)18-25(36)34(17-20-7-2-5-10-23(20)29)26(24-11-6-16-39-24)28(37)30-21-8-3-4-9-21/h2,5-7,10-16,21,26H,3-4,8-9,17-18H2,1H3,(H,30,37). The zero-order valence-corrected chi connectivity index (χ0v) is 22.3. The highest BCUT2D eigenvalue weighted by Crippen LogP contribution is 2.28. The molecule has 0 saturated heterocycles. The van der Waals surface area contributed by atoms with Gasteiger partial charge < -0.3 is 19.4 Å². The average Bonchev–Trinajstić information content (AvgIpc) is 3.74. The number of rotatable bonds is 10. The number of tetrazole rings is 1. The molecule has 2 aromatic carbocycles. The highest BCUT2D eigenvalue weighted by molar-refractivity contribution is 6.31. The Balaban J connectivity index is 1.43. The van der Waals surface area contributed by atoms with Gasteiger partial charge in [0.2, 0.25) is 11.7 Å². The predicted octanol–water partition coefficient (Wildman–Crippen LogP) is 4.42. The Morgan fingerprint density at radius 1 is 1.13 bits per heavy atom. The molecular weight excluding hydrogens is 520 g/mol. The molecule has 1 aliphatic rings. The van der Waals surface area contributed by atoms with Crippen molar-refractivity contribution < 1.29 is 18.7 Å². The summed E-state index contributed by atoms with van der Waals surface area (Å²) in [6.07, 6.45) is 5.43. The largest absolute Gasteiger partial charge is 0.497 e. The van der Waals surface area contributed by atoms with Gasteiger partial charge in [-0.1, -0.05) is 42.6 Å². The fourth-order valence-corrected chi connectivity index (χ4v) is 4.93. The van der Waals surface area contributed by atoms with E-state index >= 15 is 0 Å². The number of hydrogen-bond acceptors (Lipinski definition) is 7. The van der Waals surface area contributed by atoms with E-state index in [4.69, 9.17) is 20.8 Å². The summed E-state index contributed by atoms with van der Waals surface area (Å²) in [5.74, 6) is 0.733. The van der Waals surface area contributed by atoms with E-state index in [1.165, 1.54) is 16.0 Å². The highest BCUT2D eigenvalue weighted by atomic mass is 35.5. The van der Waals surface area contributed by atoms with Crippen LogP contribution in [-0.4, -0.2) is 50.1 Å². The number of ether oxygens (including phenoxy) is 1. The Labute approximate surface area is 230 Å². The van der Waals surface area contributed by atoms with Crippen molar-refractivity contribution in [2.45, 2.75) is 50.9 Å². The van der Waals surface area contributed by atoms with Crippen LogP contribution in [0.2, 0.25) is 5.02 Å². The molecular formula is C28H29ClN6O4. The van der Waals surface area contributed by atoms with Crippen LogP contribution >= 0.6 is 11.6 Å². The summed E-state index contributed by atoms with van der Waals surface area (Å²) in [4.78, 5) is 30.2. The second-order valence-corrected chi connectivity index (χ2v) is 9.80. The van der Waals surface area contributed by atoms with Gasteiger partial charge >= 0.3 is 0 Å². The minimum absolute atomic E-state index is 0.0660. The highest BCUT2D eigenvalue weighted by Gasteiger charge is 2.35. The smallest absolute Gasteiger partial charge is 0.250 e. The number of carbonyl (C=O) groups excluding carboxylic acids is 2. The van der Waals surface area contributed by atoms with Crippen molar-refractivity contribution in [2.24, 2.45) is 0 Å². The molecule has 5 rings (SSSR count). The molecule has 1 unspecified atom stereocenters. The molecule has 1 aliphatic carbocycles. The van der Waals surface area contributed by atoms with Crippen LogP contribution in [0.4, 0.5) is 0 Å². The molecule has 202 valence electrons. The third-order valence-electron chi connectivity index (χ3n) is 6.77. The monoisotopic (exact) mass is 548 g/mol. The van der Waals surface area contributed by atoms with E-state index in [1.807, 2.05) is 30.3 Å². The zero-order valence-electron chi connectivity index (χ0n) is 21.5. The molecule has 1 N–H and O–H groups in total. The molecule has 4 aromatic rings. The Hall–Kier alpha value is -4.18. The molecule has 0 radical (unpaired) electrons. The van der Waals surface area contributed by atoms with Crippen LogP contribution in [0.25, 0.3) is 11.4 Å². The first kappa shape index (κ1) is 26.4. The lowest BCUT2D eigenvalue weighted by Gasteiger charge is -2.31. The minimum Gasteiger partial charge on any atom is -0.497 e. The van der Waals surface area contributed by atoms with Crippen LogP contribution in [0.3, 0.4) is 0 Å². The molecule has 2 heterocycles. The Kier molecular flexibility index (Phi) is 8.21. The van der Waals surface area contributed by atoms with Gasteiger partial charge in [0.25, 0.3) is 5.91 Å². The van der Waals surface area contributed by atoms with Crippen LogP contribution in [0.15, 0.2) is 71.3 Å². The number of methoxy groups -OCH3 is 1. The first-order valence-corrected chi connectivity index (χ1v) is 13.2. The maximum atomic E-state index is 13.9. The van der Waals surface area contributed by atoms with Crippen LogP contribution in [-0.2, 0) is 22.7 Å². The van der Waals surface area contributed by atoms with E-state index in [9.17, 15) is 9.59 Å². The Morgan fingerprint density at radius 3 is 2.59 bits per heavy atom. The molecule has 1 atom stereocenters. The van der Waals surface area contributed by atoms with Crippen LogP contribution in [0.1, 0.15) is 43.0 Å². The summed E-state index contributed by atoms with van der Waals surface area (Å²) in [6, 6.07) is 16.9. The van der Waals surface area contributed by atoms with Gasteiger partial charge in [-0.25, -0.2) is 0 Å². The molecule has 1 fully saturated rings. The number of nitrogens with zero attached hydrogens (tertiary/aromatic N) is 5. The molecule has 0 spiro atoms. The van der Waals surface area contributed by atoms with Gasteiger partial charge in [-0.05, 0) is 66.1 Å². The summed E-state index contributed by atoms with van der Waals surface area (Å²) < 4.78 is 10.9. The number of halogens is 1. The summed E-state index contributed by atoms with van der Waals surface area (Å²) >= 11 is 6.46. The number of carbonyl (C=O) groups is 2. The fourth-order valence-electron chi connectivity index (χ4n) is 4.73. The molecule has 0 bridgehead atoms. The van der Waals surface area contributed by atoms with Crippen LogP contribution in [0.5, 0.6) is 5.75 Å². The van der Waals surface area contributed by atoms with Gasteiger partial charge in [0, 0.05) is 23.2 Å². The molecule has 2 amide bonds. The van der Waals surface area contributed by atoms with E-state index in [2.05, 4.69) is 20.7 Å². The van der Waals surface area contributed by atoms with Gasteiger partial charge in [0.15, 0.2) is 6.04 Å². The Morgan fingerprint density at radius 2 is 1.90 bits per heavy atom. The lowest BCUT2D eigenvalue weighted by Crippen LogP contribution is -2.46. The number of furan rings is 1. The normalized spacial score (nSPS) is 14.2. The van der Waals surface area contributed by atoms with Gasteiger partial charge in [0.05, 0.1) is 13.4 Å². The maximum Gasteiger partial charge on any atom is 0.250 e. The molecule has 1 saturated carbocycles. The third kappa shape index (κ3) is 6.28. The molecule has 2 aromatic heterocycles. The van der Waals surface area contributed by atoms with E-state index in [1.54, 1.807) is 37.4 Å². The topological polar surface area (TPSA) is 115 Å². The lowest BCUT2D eigenvalue weighted by molar-refractivity contribution is -0.143. The summed E-state index contributed by atoms with van der Waals surface area (Å²) in [6.45, 7) is -0.149. The number of aromatic nitrogens is 4. The van der Waals surface area contributed by atoms with Crippen molar-refractivity contribution in [1.82, 2.24) is 30.4 Å².